The summed E-state index contributed by atoms with van der Waals surface area (Å²) in [4.78, 5) is 33.6. The number of piperazine rings is 1. The molecule has 4 aliphatic rings. The molecule has 186 valence electrons. The van der Waals surface area contributed by atoms with Crippen LogP contribution < -0.4 is 10.2 Å². The van der Waals surface area contributed by atoms with Gasteiger partial charge in [-0.15, -0.1) is 0 Å². The van der Waals surface area contributed by atoms with E-state index in [2.05, 4.69) is 33.3 Å². The van der Waals surface area contributed by atoms with Crippen LogP contribution in [0.5, 0.6) is 0 Å². The van der Waals surface area contributed by atoms with Crippen molar-refractivity contribution in [3.05, 3.63) is 23.8 Å². The van der Waals surface area contributed by atoms with Crippen molar-refractivity contribution in [3.63, 3.8) is 0 Å². The number of fused-ring (bicyclic) bond motifs is 1. The molecule has 5 rings (SSSR count). The van der Waals surface area contributed by atoms with Gasteiger partial charge in [-0.25, -0.2) is 0 Å². The molecule has 0 spiro atoms. The Kier molecular flexibility index (Phi) is 7.73. The number of rotatable bonds is 6. The van der Waals surface area contributed by atoms with Crippen molar-refractivity contribution in [2.45, 2.75) is 70.6 Å². The molecule has 34 heavy (non-hydrogen) atoms. The molecule has 1 N–H and O–H groups in total. The maximum Gasteiger partial charge on any atom is 0.232 e. The van der Waals surface area contributed by atoms with Crippen LogP contribution in [0.25, 0.3) is 0 Å². The lowest BCUT2D eigenvalue weighted by Crippen LogP contribution is -2.51. The van der Waals surface area contributed by atoms with Crippen molar-refractivity contribution < 1.29 is 9.59 Å². The molecule has 1 aromatic rings. The summed E-state index contributed by atoms with van der Waals surface area (Å²) in [7, 11) is 0. The SMILES string of the molecule is O=C(C1CCCCC1)N(CCN1CCN(c2cccc3c2CCN3)CC1)C(=O)C1CCCCC1. The van der Waals surface area contributed by atoms with E-state index >= 15 is 0 Å². The molecule has 0 aromatic heterocycles. The second-order valence-corrected chi connectivity index (χ2v) is 10.8. The van der Waals surface area contributed by atoms with Gasteiger partial charge in [0.05, 0.1) is 0 Å². The predicted molar refractivity (Wildman–Crippen MR) is 137 cm³/mol. The van der Waals surface area contributed by atoms with E-state index in [4.69, 9.17) is 0 Å². The zero-order chi connectivity index (χ0) is 23.3. The molecule has 1 aromatic carbocycles. The van der Waals surface area contributed by atoms with E-state index in [0.717, 1.165) is 97.1 Å². The Morgan fingerprint density at radius 1 is 0.853 bits per heavy atom. The maximum atomic E-state index is 13.5. The summed E-state index contributed by atoms with van der Waals surface area (Å²) in [6.07, 6.45) is 11.9. The van der Waals surface area contributed by atoms with Gasteiger partial charge in [0.1, 0.15) is 0 Å². The van der Waals surface area contributed by atoms with Crippen molar-refractivity contribution in [2.75, 3.05) is 56.0 Å². The van der Waals surface area contributed by atoms with E-state index in [0.29, 0.717) is 6.54 Å². The number of hydrogen-bond acceptors (Lipinski definition) is 5. The van der Waals surface area contributed by atoms with E-state index in [1.807, 2.05) is 0 Å². The number of amides is 2. The van der Waals surface area contributed by atoms with E-state index in [9.17, 15) is 9.59 Å². The molecule has 2 amide bonds. The fourth-order valence-corrected chi connectivity index (χ4v) is 6.54. The van der Waals surface area contributed by atoms with Gasteiger partial charge < -0.3 is 10.2 Å². The van der Waals surface area contributed by atoms with Crippen LogP contribution in [0.4, 0.5) is 11.4 Å². The first-order chi connectivity index (χ1) is 16.7. The number of nitrogens with one attached hydrogen (secondary N) is 1. The highest BCUT2D eigenvalue weighted by Crippen LogP contribution is 2.33. The van der Waals surface area contributed by atoms with Gasteiger partial charge in [0.15, 0.2) is 0 Å². The third kappa shape index (κ3) is 5.27. The second kappa shape index (κ2) is 11.1. The summed E-state index contributed by atoms with van der Waals surface area (Å²) in [6.45, 7) is 6.38. The molecule has 2 saturated carbocycles. The average molecular weight is 467 g/mol. The van der Waals surface area contributed by atoms with Gasteiger partial charge in [0.2, 0.25) is 11.8 Å². The second-order valence-electron chi connectivity index (χ2n) is 10.8. The first-order valence-electron chi connectivity index (χ1n) is 13.9. The predicted octanol–water partition coefficient (Wildman–Crippen LogP) is 4.29. The van der Waals surface area contributed by atoms with Crippen molar-refractivity contribution in [2.24, 2.45) is 11.8 Å². The fraction of sp³-hybridized carbons (Fsp3) is 0.714. The quantitative estimate of drug-likeness (QED) is 0.634. The Balaban J connectivity index is 1.19. The summed E-state index contributed by atoms with van der Waals surface area (Å²) in [5.41, 5.74) is 4.13. The van der Waals surface area contributed by atoms with Crippen LogP contribution in [0.1, 0.15) is 69.8 Å². The molecular weight excluding hydrogens is 424 g/mol. The Hall–Kier alpha value is -2.08. The Bertz CT molecular complexity index is 822. The lowest BCUT2D eigenvalue weighted by Gasteiger charge is -2.38. The van der Waals surface area contributed by atoms with Gasteiger partial charge >= 0.3 is 0 Å². The van der Waals surface area contributed by atoms with E-state index in [-0.39, 0.29) is 23.7 Å². The van der Waals surface area contributed by atoms with Crippen LogP contribution in [0.3, 0.4) is 0 Å². The number of carbonyl (C=O) groups excluding carboxylic acids is 2. The standard InChI is InChI=1S/C28H42N4O2/c33-27(22-8-3-1-4-9-22)32(28(34)23-10-5-2-6-11-23)21-18-30-16-19-31(20-17-30)26-13-7-12-25-24(26)14-15-29-25/h7,12-13,22-23,29H,1-6,8-11,14-21H2. The monoisotopic (exact) mass is 466 g/mol. The summed E-state index contributed by atoms with van der Waals surface area (Å²) in [5.74, 6) is 0.376. The smallest absolute Gasteiger partial charge is 0.232 e. The molecule has 6 heteroatoms. The van der Waals surface area contributed by atoms with Crippen LogP contribution in [0.15, 0.2) is 18.2 Å². The third-order valence-electron chi connectivity index (χ3n) is 8.64. The number of benzene rings is 1. The molecule has 0 bridgehead atoms. The summed E-state index contributed by atoms with van der Waals surface area (Å²) < 4.78 is 0. The van der Waals surface area contributed by atoms with Gasteiger partial charge in [0.25, 0.3) is 0 Å². The highest BCUT2D eigenvalue weighted by atomic mass is 16.2. The van der Waals surface area contributed by atoms with Crippen molar-refractivity contribution in [3.8, 4) is 0 Å². The van der Waals surface area contributed by atoms with Crippen LogP contribution in [-0.4, -0.2) is 67.4 Å². The lowest BCUT2D eigenvalue weighted by atomic mass is 9.86. The number of anilines is 2. The molecule has 1 saturated heterocycles. The summed E-state index contributed by atoms with van der Waals surface area (Å²) >= 11 is 0. The molecular formula is C28H42N4O2. The highest BCUT2D eigenvalue weighted by Gasteiger charge is 2.34. The number of imide groups is 1. The number of carbonyl (C=O) groups is 2. The summed E-state index contributed by atoms with van der Waals surface area (Å²) in [6, 6.07) is 6.60. The first-order valence-corrected chi connectivity index (χ1v) is 13.9. The fourth-order valence-electron chi connectivity index (χ4n) is 6.54. The zero-order valence-corrected chi connectivity index (χ0v) is 20.8. The van der Waals surface area contributed by atoms with E-state index < -0.39 is 0 Å². The molecule has 3 fully saturated rings. The third-order valence-corrected chi connectivity index (χ3v) is 8.64. The first kappa shape index (κ1) is 23.7. The minimum Gasteiger partial charge on any atom is -0.384 e. The van der Waals surface area contributed by atoms with Crippen molar-refractivity contribution >= 4 is 23.2 Å². The van der Waals surface area contributed by atoms with Gasteiger partial charge in [-0.3, -0.25) is 19.4 Å². The maximum absolute atomic E-state index is 13.5. The van der Waals surface area contributed by atoms with Crippen LogP contribution in [0, 0.1) is 11.8 Å². The summed E-state index contributed by atoms with van der Waals surface area (Å²) in [5, 5.41) is 3.49. The van der Waals surface area contributed by atoms with Crippen LogP contribution in [-0.2, 0) is 16.0 Å². The zero-order valence-electron chi connectivity index (χ0n) is 20.8. The molecule has 2 aliphatic carbocycles. The molecule has 6 nitrogen and oxygen atoms in total. The number of hydrogen-bond donors (Lipinski definition) is 1. The van der Waals surface area contributed by atoms with Gasteiger partial charge in [-0.2, -0.15) is 0 Å². The van der Waals surface area contributed by atoms with Gasteiger partial charge in [-0.05, 0) is 44.2 Å². The minimum absolute atomic E-state index is 0.0620. The Labute approximate surface area is 205 Å². The molecule has 2 aliphatic heterocycles. The molecule has 2 heterocycles. The van der Waals surface area contributed by atoms with E-state index in [1.165, 1.54) is 29.8 Å². The van der Waals surface area contributed by atoms with Crippen LogP contribution >= 0.6 is 0 Å². The molecule has 0 unspecified atom stereocenters. The molecule has 0 radical (unpaired) electrons. The lowest BCUT2D eigenvalue weighted by molar-refractivity contribution is -0.151. The normalized spacial score (nSPS) is 22.3. The molecule has 0 atom stereocenters. The van der Waals surface area contributed by atoms with E-state index in [1.54, 1.807) is 4.90 Å². The Morgan fingerprint density at radius 3 is 2.09 bits per heavy atom. The largest absolute Gasteiger partial charge is 0.384 e. The minimum atomic E-state index is 0.0620. The highest BCUT2D eigenvalue weighted by molar-refractivity contribution is 5.97. The van der Waals surface area contributed by atoms with Crippen molar-refractivity contribution in [1.29, 1.82) is 0 Å². The average Bonchev–Trinajstić information content (AvgIpc) is 3.39. The Morgan fingerprint density at radius 2 is 1.47 bits per heavy atom. The van der Waals surface area contributed by atoms with Gasteiger partial charge in [0, 0.05) is 74.6 Å². The number of nitrogens with zero attached hydrogens (tertiary/aromatic N) is 3. The van der Waals surface area contributed by atoms with Crippen molar-refractivity contribution in [1.82, 2.24) is 9.80 Å². The van der Waals surface area contributed by atoms with Gasteiger partial charge in [-0.1, -0.05) is 44.6 Å². The topological polar surface area (TPSA) is 55.9 Å². The van der Waals surface area contributed by atoms with Crippen LogP contribution in [0.2, 0.25) is 0 Å².